The molecule has 0 heterocycles. The Kier molecular flexibility index (Phi) is 3.51. The van der Waals surface area contributed by atoms with E-state index < -0.39 is 0 Å². The van der Waals surface area contributed by atoms with Gasteiger partial charge in [0.05, 0.1) is 0 Å². The average molecular weight is 274 g/mol. The van der Waals surface area contributed by atoms with E-state index in [-0.39, 0.29) is 5.38 Å². The van der Waals surface area contributed by atoms with E-state index in [1.165, 1.54) is 18.4 Å². The van der Waals surface area contributed by atoms with Crippen LogP contribution in [-0.4, -0.2) is 10.2 Å². The fourth-order valence-corrected chi connectivity index (χ4v) is 3.83. The summed E-state index contributed by atoms with van der Waals surface area (Å²) in [6.07, 6.45) is 3.62. The highest BCUT2D eigenvalue weighted by molar-refractivity contribution is 9.09. The molecule has 3 atom stereocenters. The largest absolute Gasteiger partial charge is 0.122 e. The summed E-state index contributed by atoms with van der Waals surface area (Å²) >= 11 is 10.1. The summed E-state index contributed by atoms with van der Waals surface area (Å²) in [4.78, 5) is 0.543. The second-order valence-electron chi connectivity index (χ2n) is 3.90. The van der Waals surface area contributed by atoms with Gasteiger partial charge in [-0.2, -0.15) is 0 Å². The lowest BCUT2D eigenvalue weighted by molar-refractivity contribution is 0.468. The van der Waals surface area contributed by atoms with E-state index in [1.54, 1.807) is 0 Å². The fraction of sp³-hybridized carbons (Fsp3) is 0.500. The minimum atomic E-state index is 0.288. The van der Waals surface area contributed by atoms with Crippen LogP contribution in [0.15, 0.2) is 30.3 Å². The third-order valence-corrected chi connectivity index (χ3v) is 4.44. The summed E-state index contributed by atoms with van der Waals surface area (Å²) in [5.74, 6) is 0.478. The molecule has 2 rings (SSSR count). The molecule has 1 aliphatic carbocycles. The van der Waals surface area contributed by atoms with E-state index in [2.05, 4.69) is 46.3 Å². The maximum atomic E-state index is 6.38. The van der Waals surface area contributed by atoms with Gasteiger partial charge in [0.1, 0.15) is 0 Å². The SMILES string of the molecule is ClC1CCCC(Br)C1c1ccccc1. The fourth-order valence-electron chi connectivity index (χ4n) is 2.19. The number of hydrogen-bond acceptors (Lipinski definition) is 0. The van der Waals surface area contributed by atoms with Crippen LogP contribution in [0.25, 0.3) is 0 Å². The summed E-state index contributed by atoms with van der Waals surface area (Å²) in [5.41, 5.74) is 1.37. The monoisotopic (exact) mass is 272 g/mol. The summed E-state index contributed by atoms with van der Waals surface area (Å²) in [6.45, 7) is 0. The van der Waals surface area contributed by atoms with Crippen molar-refractivity contribution in [3.05, 3.63) is 35.9 Å². The van der Waals surface area contributed by atoms with Crippen LogP contribution in [0.5, 0.6) is 0 Å². The highest BCUT2D eigenvalue weighted by Gasteiger charge is 2.31. The molecule has 0 aliphatic heterocycles. The van der Waals surface area contributed by atoms with Gasteiger partial charge >= 0.3 is 0 Å². The predicted molar refractivity (Wildman–Crippen MR) is 65.4 cm³/mol. The maximum absolute atomic E-state index is 6.38. The normalized spacial score (nSPS) is 32.9. The van der Waals surface area contributed by atoms with Crippen molar-refractivity contribution in [3.8, 4) is 0 Å². The number of hydrogen-bond donors (Lipinski definition) is 0. The quantitative estimate of drug-likeness (QED) is 0.668. The molecule has 1 aliphatic rings. The van der Waals surface area contributed by atoms with Gasteiger partial charge in [0.15, 0.2) is 0 Å². The molecule has 14 heavy (non-hydrogen) atoms. The Hall–Kier alpha value is -0.0100. The molecule has 0 radical (unpaired) electrons. The van der Waals surface area contributed by atoms with Gasteiger partial charge in [0, 0.05) is 16.1 Å². The lowest BCUT2D eigenvalue weighted by Gasteiger charge is -2.32. The van der Waals surface area contributed by atoms with Crippen LogP contribution in [0.3, 0.4) is 0 Å². The molecule has 3 unspecified atom stereocenters. The van der Waals surface area contributed by atoms with Crippen LogP contribution in [0.2, 0.25) is 0 Å². The van der Waals surface area contributed by atoms with Gasteiger partial charge in [0.2, 0.25) is 0 Å². The van der Waals surface area contributed by atoms with Crippen molar-refractivity contribution in [2.45, 2.75) is 35.4 Å². The smallest absolute Gasteiger partial charge is 0.0415 e. The molecule has 0 saturated heterocycles. The number of halogens is 2. The van der Waals surface area contributed by atoms with E-state index in [0.29, 0.717) is 10.7 Å². The third-order valence-electron chi connectivity index (χ3n) is 2.92. The molecule has 1 aromatic rings. The van der Waals surface area contributed by atoms with Crippen LogP contribution in [0.4, 0.5) is 0 Å². The van der Waals surface area contributed by atoms with Crippen molar-refractivity contribution in [2.75, 3.05) is 0 Å². The molecule has 0 amide bonds. The molecule has 0 spiro atoms. The highest BCUT2D eigenvalue weighted by Crippen LogP contribution is 2.40. The lowest BCUT2D eigenvalue weighted by atomic mass is 9.83. The second-order valence-corrected chi connectivity index (χ2v) is 5.64. The van der Waals surface area contributed by atoms with Crippen molar-refractivity contribution in [2.24, 2.45) is 0 Å². The van der Waals surface area contributed by atoms with E-state index in [0.717, 1.165) is 6.42 Å². The van der Waals surface area contributed by atoms with Gasteiger partial charge in [0.25, 0.3) is 0 Å². The van der Waals surface area contributed by atoms with Crippen LogP contribution >= 0.6 is 27.5 Å². The summed E-state index contributed by atoms with van der Waals surface area (Å²) in [5, 5.41) is 0.288. The molecular weight excluding hydrogens is 259 g/mol. The van der Waals surface area contributed by atoms with Gasteiger partial charge in [-0.15, -0.1) is 11.6 Å². The molecule has 0 aromatic heterocycles. The molecule has 0 nitrogen and oxygen atoms in total. The van der Waals surface area contributed by atoms with Gasteiger partial charge in [-0.3, -0.25) is 0 Å². The summed E-state index contributed by atoms with van der Waals surface area (Å²) in [6, 6.07) is 10.6. The van der Waals surface area contributed by atoms with Gasteiger partial charge < -0.3 is 0 Å². The van der Waals surface area contributed by atoms with Gasteiger partial charge in [-0.25, -0.2) is 0 Å². The van der Waals surface area contributed by atoms with Crippen LogP contribution in [0.1, 0.15) is 30.7 Å². The zero-order valence-corrected chi connectivity index (χ0v) is 10.3. The van der Waals surface area contributed by atoms with Crippen molar-refractivity contribution in [3.63, 3.8) is 0 Å². The molecule has 0 N–H and O–H groups in total. The first-order valence-electron chi connectivity index (χ1n) is 5.12. The molecule has 2 heteroatoms. The maximum Gasteiger partial charge on any atom is 0.0415 e. The van der Waals surface area contributed by atoms with Crippen LogP contribution in [-0.2, 0) is 0 Å². The minimum absolute atomic E-state index is 0.288. The zero-order chi connectivity index (χ0) is 9.97. The standard InChI is InChI=1S/C12H14BrCl/c13-10-7-4-8-11(14)12(10)9-5-2-1-3-6-9/h1-3,5-6,10-12H,4,7-8H2. The van der Waals surface area contributed by atoms with Crippen molar-refractivity contribution >= 4 is 27.5 Å². The Morgan fingerprint density at radius 2 is 1.86 bits per heavy atom. The Labute approximate surface area is 98.8 Å². The highest BCUT2D eigenvalue weighted by atomic mass is 79.9. The second kappa shape index (κ2) is 4.67. The van der Waals surface area contributed by atoms with Gasteiger partial charge in [-0.1, -0.05) is 52.7 Å². The van der Waals surface area contributed by atoms with Gasteiger partial charge in [-0.05, 0) is 18.4 Å². The first kappa shape index (κ1) is 10.5. The zero-order valence-electron chi connectivity index (χ0n) is 8.00. The van der Waals surface area contributed by atoms with E-state index >= 15 is 0 Å². The van der Waals surface area contributed by atoms with E-state index in [9.17, 15) is 0 Å². The summed E-state index contributed by atoms with van der Waals surface area (Å²) < 4.78 is 0. The Morgan fingerprint density at radius 3 is 2.50 bits per heavy atom. The van der Waals surface area contributed by atoms with E-state index in [1.807, 2.05) is 0 Å². The Morgan fingerprint density at radius 1 is 1.14 bits per heavy atom. The predicted octanol–water partition coefficient (Wildman–Crippen LogP) is 4.33. The Balaban J connectivity index is 2.23. The molecule has 1 aromatic carbocycles. The first-order chi connectivity index (χ1) is 6.79. The molecule has 76 valence electrons. The van der Waals surface area contributed by atoms with Crippen molar-refractivity contribution < 1.29 is 0 Å². The van der Waals surface area contributed by atoms with Crippen molar-refractivity contribution in [1.29, 1.82) is 0 Å². The molecule has 0 bridgehead atoms. The minimum Gasteiger partial charge on any atom is -0.122 e. The summed E-state index contributed by atoms with van der Waals surface area (Å²) in [7, 11) is 0. The number of rotatable bonds is 1. The van der Waals surface area contributed by atoms with Crippen LogP contribution < -0.4 is 0 Å². The number of alkyl halides is 2. The van der Waals surface area contributed by atoms with E-state index in [4.69, 9.17) is 11.6 Å². The molecular formula is C12H14BrCl. The number of benzene rings is 1. The van der Waals surface area contributed by atoms with Crippen LogP contribution in [0, 0.1) is 0 Å². The Bertz CT molecular complexity index is 276. The third kappa shape index (κ3) is 2.14. The lowest BCUT2D eigenvalue weighted by Crippen LogP contribution is -2.27. The molecule has 1 fully saturated rings. The molecule has 1 saturated carbocycles. The first-order valence-corrected chi connectivity index (χ1v) is 6.47. The topological polar surface area (TPSA) is 0 Å². The van der Waals surface area contributed by atoms with Crippen molar-refractivity contribution in [1.82, 2.24) is 0 Å². The average Bonchev–Trinajstić information content (AvgIpc) is 2.19.